The van der Waals surface area contributed by atoms with Crippen LogP contribution < -0.4 is 10.6 Å². The molecular weight excluding hydrogens is 296 g/mol. The molecule has 1 unspecified atom stereocenters. The second-order valence-electron chi connectivity index (χ2n) is 5.39. The molecule has 0 spiro atoms. The summed E-state index contributed by atoms with van der Waals surface area (Å²) in [6, 6.07) is 0.314. The number of rotatable bonds is 8. The van der Waals surface area contributed by atoms with Crippen LogP contribution in [0.5, 0.6) is 0 Å². The van der Waals surface area contributed by atoms with Crippen LogP contribution in [0.3, 0.4) is 0 Å². The topological polar surface area (TPSA) is 61.4 Å². The van der Waals surface area contributed by atoms with Gasteiger partial charge in [-0.2, -0.15) is 11.8 Å². The Morgan fingerprint density at radius 3 is 2.65 bits per heavy atom. The minimum absolute atomic E-state index is 0. The third-order valence-corrected chi connectivity index (χ3v) is 5.36. The Morgan fingerprint density at radius 1 is 1.45 bits per heavy atom. The zero-order valence-corrected chi connectivity index (χ0v) is 14.2. The molecule has 6 heteroatoms. The van der Waals surface area contributed by atoms with E-state index >= 15 is 0 Å². The molecule has 0 bridgehead atoms. The van der Waals surface area contributed by atoms with E-state index in [0.717, 1.165) is 37.3 Å². The van der Waals surface area contributed by atoms with Gasteiger partial charge < -0.3 is 15.7 Å². The van der Waals surface area contributed by atoms with E-state index in [-0.39, 0.29) is 30.3 Å². The van der Waals surface area contributed by atoms with Gasteiger partial charge >= 0.3 is 0 Å². The molecule has 1 amide bonds. The van der Waals surface area contributed by atoms with Crippen LogP contribution in [-0.2, 0) is 4.79 Å². The molecule has 120 valence electrons. The second kappa shape index (κ2) is 10.7. The zero-order valence-electron chi connectivity index (χ0n) is 12.6. The molecule has 1 aliphatic rings. The lowest BCUT2D eigenvalue weighted by atomic mass is 9.79. The molecule has 0 saturated carbocycles. The molecule has 1 saturated heterocycles. The SMILES string of the molecule is CCC(CC)(CCO)CNC(=O)CC1CSCCN1.Cl. The van der Waals surface area contributed by atoms with Crippen LogP contribution in [0.4, 0.5) is 0 Å². The lowest BCUT2D eigenvalue weighted by Gasteiger charge is -2.31. The van der Waals surface area contributed by atoms with Gasteiger partial charge in [0, 0.05) is 43.7 Å². The summed E-state index contributed by atoms with van der Waals surface area (Å²) in [5.74, 6) is 2.30. The van der Waals surface area contributed by atoms with Crippen molar-refractivity contribution in [2.45, 2.75) is 45.6 Å². The number of amides is 1. The Bertz CT molecular complexity index is 270. The van der Waals surface area contributed by atoms with Gasteiger partial charge in [0.25, 0.3) is 0 Å². The van der Waals surface area contributed by atoms with Gasteiger partial charge in [0.15, 0.2) is 0 Å². The van der Waals surface area contributed by atoms with E-state index < -0.39 is 0 Å². The molecule has 1 fully saturated rings. The van der Waals surface area contributed by atoms with E-state index in [0.29, 0.717) is 19.0 Å². The number of carbonyl (C=O) groups excluding carboxylic acids is 1. The molecule has 0 aliphatic carbocycles. The Kier molecular flexibility index (Phi) is 10.7. The van der Waals surface area contributed by atoms with E-state index in [1.54, 1.807) is 0 Å². The molecule has 0 aromatic carbocycles. The van der Waals surface area contributed by atoms with Gasteiger partial charge in [-0.05, 0) is 24.7 Å². The fourth-order valence-electron chi connectivity index (χ4n) is 2.51. The lowest BCUT2D eigenvalue weighted by molar-refractivity contribution is -0.122. The highest BCUT2D eigenvalue weighted by Crippen LogP contribution is 2.29. The van der Waals surface area contributed by atoms with Crippen molar-refractivity contribution >= 4 is 30.1 Å². The molecule has 20 heavy (non-hydrogen) atoms. The maximum absolute atomic E-state index is 12.0. The fraction of sp³-hybridized carbons (Fsp3) is 0.929. The second-order valence-corrected chi connectivity index (χ2v) is 6.54. The summed E-state index contributed by atoms with van der Waals surface area (Å²) in [7, 11) is 0. The number of nitrogens with one attached hydrogen (secondary N) is 2. The Labute approximate surface area is 133 Å². The first-order valence-electron chi connectivity index (χ1n) is 7.34. The van der Waals surface area contributed by atoms with Gasteiger partial charge in [-0.15, -0.1) is 12.4 Å². The van der Waals surface area contributed by atoms with Crippen LogP contribution in [0.1, 0.15) is 39.5 Å². The van der Waals surface area contributed by atoms with E-state index in [4.69, 9.17) is 5.11 Å². The van der Waals surface area contributed by atoms with E-state index in [1.165, 1.54) is 0 Å². The summed E-state index contributed by atoms with van der Waals surface area (Å²) >= 11 is 1.91. The standard InChI is InChI=1S/C14H28N2O2S.ClH/c1-3-14(4-2,5-7-17)11-16-13(18)9-12-10-19-8-6-15-12;/h12,15,17H,3-11H2,1-2H3,(H,16,18);1H. The molecule has 1 aliphatic heterocycles. The first-order chi connectivity index (χ1) is 9.15. The third kappa shape index (κ3) is 6.66. The molecule has 1 heterocycles. The van der Waals surface area contributed by atoms with E-state index in [2.05, 4.69) is 24.5 Å². The number of halogens is 1. The lowest BCUT2D eigenvalue weighted by Crippen LogP contribution is -2.43. The molecular formula is C14H29ClN2O2S. The predicted octanol–water partition coefficient (Wildman–Crippen LogP) is 1.81. The minimum Gasteiger partial charge on any atom is -0.396 e. The number of hydrogen-bond donors (Lipinski definition) is 3. The minimum atomic E-state index is 0. The summed E-state index contributed by atoms with van der Waals surface area (Å²) < 4.78 is 0. The van der Waals surface area contributed by atoms with Crippen molar-refractivity contribution in [1.29, 1.82) is 0 Å². The normalized spacial score (nSPS) is 19.2. The zero-order chi connectivity index (χ0) is 14.1. The summed E-state index contributed by atoms with van der Waals surface area (Å²) in [6.45, 7) is 6.13. The third-order valence-electron chi connectivity index (χ3n) is 4.23. The quantitative estimate of drug-likeness (QED) is 0.637. The Hall–Kier alpha value is 0.0300. The van der Waals surface area contributed by atoms with Crippen LogP contribution in [0.15, 0.2) is 0 Å². The van der Waals surface area contributed by atoms with Crippen LogP contribution in [0.2, 0.25) is 0 Å². The Morgan fingerprint density at radius 2 is 2.15 bits per heavy atom. The van der Waals surface area contributed by atoms with Crippen molar-refractivity contribution < 1.29 is 9.90 Å². The van der Waals surface area contributed by atoms with Crippen molar-refractivity contribution in [2.75, 3.05) is 31.2 Å². The van der Waals surface area contributed by atoms with Crippen molar-refractivity contribution in [3.8, 4) is 0 Å². The smallest absolute Gasteiger partial charge is 0.221 e. The molecule has 1 atom stereocenters. The molecule has 0 aromatic heterocycles. The van der Waals surface area contributed by atoms with Gasteiger partial charge in [-0.1, -0.05) is 13.8 Å². The number of thioether (sulfide) groups is 1. The summed E-state index contributed by atoms with van der Waals surface area (Å²) in [5, 5.41) is 15.6. The van der Waals surface area contributed by atoms with Crippen LogP contribution in [-0.4, -0.2) is 48.3 Å². The first-order valence-corrected chi connectivity index (χ1v) is 8.50. The van der Waals surface area contributed by atoms with Crippen LogP contribution in [0, 0.1) is 5.41 Å². The maximum Gasteiger partial charge on any atom is 0.221 e. The molecule has 0 aromatic rings. The molecule has 4 nitrogen and oxygen atoms in total. The largest absolute Gasteiger partial charge is 0.396 e. The van der Waals surface area contributed by atoms with Crippen molar-refractivity contribution in [2.24, 2.45) is 5.41 Å². The summed E-state index contributed by atoms with van der Waals surface area (Å²) in [4.78, 5) is 12.0. The highest BCUT2D eigenvalue weighted by atomic mass is 35.5. The molecule has 0 radical (unpaired) electrons. The summed E-state index contributed by atoms with van der Waals surface area (Å²) in [6.07, 6.45) is 3.30. The van der Waals surface area contributed by atoms with Gasteiger partial charge in [0.1, 0.15) is 0 Å². The van der Waals surface area contributed by atoms with Crippen molar-refractivity contribution in [1.82, 2.24) is 10.6 Å². The first kappa shape index (κ1) is 20.0. The monoisotopic (exact) mass is 324 g/mol. The highest BCUT2D eigenvalue weighted by molar-refractivity contribution is 7.99. The van der Waals surface area contributed by atoms with Gasteiger partial charge in [0.2, 0.25) is 5.91 Å². The van der Waals surface area contributed by atoms with Gasteiger partial charge in [0.05, 0.1) is 0 Å². The number of aliphatic hydroxyl groups excluding tert-OH is 1. The fourth-order valence-corrected chi connectivity index (χ4v) is 3.46. The Balaban J connectivity index is 0.00000361. The number of hydrogen-bond acceptors (Lipinski definition) is 4. The van der Waals surface area contributed by atoms with Crippen molar-refractivity contribution in [3.05, 3.63) is 0 Å². The van der Waals surface area contributed by atoms with Crippen molar-refractivity contribution in [3.63, 3.8) is 0 Å². The maximum atomic E-state index is 12.0. The average molecular weight is 325 g/mol. The van der Waals surface area contributed by atoms with Gasteiger partial charge in [-0.25, -0.2) is 0 Å². The predicted molar refractivity (Wildman–Crippen MR) is 88.7 cm³/mol. The van der Waals surface area contributed by atoms with E-state index in [9.17, 15) is 4.79 Å². The average Bonchev–Trinajstić information content (AvgIpc) is 2.45. The summed E-state index contributed by atoms with van der Waals surface area (Å²) in [5.41, 5.74) is 0.0547. The molecule has 3 N–H and O–H groups in total. The number of aliphatic hydroxyl groups is 1. The molecule has 1 rings (SSSR count). The number of carbonyl (C=O) groups is 1. The highest BCUT2D eigenvalue weighted by Gasteiger charge is 2.26. The van der Waals surface area contributed by atoms with Crippen LogP contribution in [0.25, 0.3) is 0 Å². The van der Waals surface area contributed by atoms with Crippen LogP contribution >= 0.6 is 24.2 Å². The van der Waals surface area contributed by atoms with E-state index in [1.807, 2.05) is 11.8 Å². The van der Waals surface area contributed by atoms with Gasteiger partial charge in [-0.3, -0.25) is 4.79 Å².